The second-order valence-corrected chi connectivity index (χ2v) is 9.51. The van der Waals surface area contributed by atoms with Crippen LogP contribution < -0.4 is 0 Å². The maximum absolute atomic E-state index is 11.7. The van der Waals surface area contributed by atoms with Gasteiger partial charge < -0.3 is 14.9 Å². The van der Waals surface area contributed by atoms with Crippen LogP contribution in [0.3, 0.4) is 0 Å². The Kier molecular flexibility index (Phi) is 5.80. The number of aliphatic hydroxyl groups is 2. The van der Waals surface area contributed by atoms with Gasteiger partial charge in [0.1, 0.15) is 5.60 Å². The van der Waals surface area contributed by atoms with E-state index < -0.39 is 23.8 Å². The van der Waals surface area contributed by atoms with Gasteiger partial charge in [-0.25, -0.2) is 0 Å². The second-order valence-electron chi connectivity index (χ2n) is 9.51. The topological polar surface area (TPSA) is 66.8 Å². The van der Waals surface area contributed by atoms with Crippen molar-refractivity contribution >= 4 is 5.97 Å². The zero-order valence-corrected chi connectivity index (χ0v) is 17.2. The number of hydrogen-bond acceptors (Lipinski definition) is 4. The van der Waals surface area contributed by atoms with Gasteiger partial charge in [0.15, 0.2) is 6.10 Å². The van der Waals surface area contributed by atoms with Crippen molar-refractivity contribution in [3.8, 4) is 0 Å². The van der Waals surface area contributed by atoms with Gasteiger partial charge in [0, 0.05) is 12.8 Å². The Morgan fingerprint density at radius 1 is 1.23 bits per heavy atom. The Labute approximate surface area is 158 Å². The van der Waals surface area contributed by atoms with Gasteiger partial charge in [-0.05, 0) is 49.9 Å². The highest BCUT2D eigenvalue weighted by atomic mass is 16.6. The molecule has 6 unspecified atom stereocenters. The van der Waals surface area contributed by atoms with Crippen molar-refractivity contribution in [3.63, 3.8) is 0 Å². The first-order chi connectivity index (χ1) is 11.9. The number of esters is 1. The van der Waals surface area contributed by atoms with Gasteiger partial charge in [0.25, 0.3) is 0 Å². The van der Waals surface area contributed by atoms with Gasteiger partial charge in [-0.15, -0.1) is 0 Å². The minimum absolute atomic E-state index is 0.0456. The molecule has 0 saturated heterocycles. The van der Waals surface area contributed by atoms with Crippen molar-refractivity contribution in [3.05, 3.63) is 24.3 Å². The summed E-state index contributed by atoms with van der Waals surface area (Å²) < 4.78 is 5.49. The zero-order chi connectivity index (χ0) is 19.9. The maximum atomic E-state index is 11.7. The maximum Gasteiger partial charge on any atom is 0.303 e. The molecule has 2 aliphatic rings. The molecule has 0 bridgehead atoms. The number of carbonyl (C=O) groups is 1. The number of allylic oxidation sites excluding steroid dienone is 3. The molecule has 2 saturated carbocycles. The summed E-state index contributed by atoms with van der Waals surface area (Å²) in [6, 6.07) is 0. The van der Waals surface area contributed by atoms with E-state index in [9.17, 15) is 15.0 Å². The summed E-state index contributed by atoms with van der Waals surface area (Å²) in [5.74, 6) is -0.638. The Morgan fingerprint density at radius 2 is 1.85 bits per heavy atom. The van der Waals surface area contributed by atoms with Crippen LogP contribution in [0, 0.1) is 22.7 Å². The van der Waals surface area contributed by atoms with Crippen LogP contribution >= 0.6 is 0 Å². The summed E-state index contributed by atoms with van der Waals surface area (Å²) in [6.07, 6.45) is 5.81. The summed E-state index contributed by atoms with van der Waals surface area (Å²) in [7, 11) is 0. The SMILES string of the molecule is C=C/C(C)=C\CC1C(C)(O)C(OC(C)=O)C(O)C2C(C)(C)CCCC21C. The van der Waals surface area contributed by atoms with Crippen LogP contribution in [0.25, 0.3) is 0 Å². The molecular weight excluding hydrogens is 328 g/mol. The molecule has 2 rings (SSSR count). The third-order valence-electron chi connectivity index (χ3n) is 7.11. The number of fused-ring (bicyclic) bond motifs is 1. The summed E-state index contributed by atoms with van der Waals surface area (Å²) in [6.45, 7) is 15.4. The van der Waals surface area contributed by atoms with Gasteiger partial charge in [0.05, 0.1) is 6.10 Å². The molecule has 2 fully saturated rings. The lowest BCUT2D eigenvalue weighted by Gasteiger charge is -2.64. The van der Waals surface area contributed by atoms with Crippen LogP contribution in [-0.2, 0) is 9.53 Å². The van der Waals surface area contributed by atoms with E-state index in [2.05, 4.69) is 33.4 Å². The minimum Gasteiger partial charge on any atom is -0.457 e. The lowest BCUT2D eigenvalue weighted by atomic mass is 9.43. The van der Waals surface area contributed by atoms with Crippen molar-refractivity contribution in [2.24, 2.45) is 22.7 Å². The molecule has 0 radical (unpaired) electrons. The van der Waals surface area contributed by atoms with Gasteiger partial charge in [-0.2, -0.15) is 0 Å². The van der Waals surface area contributed by atoms with E-state index in [0.29, 0.717) is 6.42 Å². The summed E-state index contributed by atoms with van der Waals surface area (Å²) >= 11 is 0. The number of aliphatic hydroxyl groups excluding tert-OH is 1. The third kappa shape index (κ3) is 3.50. The highest BCUT2D eigenvalue weighted by Crippen LogP contribution is 2.63. The second kappa shape index (κ2) is 7.12. The average molecular weight is 365 g/mol. The van der Waals surface area contributed by atoms with Gasteiger partial charge in [0.2, 0.25) is 0 Å². The van der Waals surface area contributed by atoms with E-state index in [1.54, 1.807) is 13.0 Å². The molecule has 4 heteroatoms. The van der Waals surface area contributed by atoms with Crippen LogP contribution in [0.15, 0.2) is 24.3 Å². The molecule has 2 N–H and O–H groups in total. The van der Waals surface area contributed by atoms with Crippen LogP contribution in [-0.4, -0.2) is 34.0 Å². The number of carbonyl (C=O) groups excluding carboxylic acids is 1. The monoisotopic (exact) mass is 364 g/mol. The smallest absolute Gasteiger partial charge is 0.303 e. The molecule has 148 valence electrons. The predicted molar refractivity (Wildman–Crippen MR) is 103 cm³/mol. The van der Waals surface area contributed by atoms with E-state index >= 15 is 0 Å². The zero-order valence-electron chi connectivity index (χ0n) is 17.2. The standard InChI is InChI=1S/C22H36O4/c1-8-14(2)10-11-16-21(6)13-9-12-20(4,5)18(21)17(24)19(22(16,7)25)26-15(3)23/h8,10,16-19,24-25H,1,9,11-13H2,2-7H3/b14-10-. The van der Waals surface area contributed by atoms with Crippen molar-refractivity contribution in [2.75, 3.05) is 0 Å². The molecule has 6 atom stereocenters. The molecule has 0 heterocycles. The number of ether oxygens (including phenoxy) is 1. The highest BCUT2D eigenvalue weighted by molar-refractivity contribution is 5.66. The van der Waals surface area contributed by atoms with E-state index in [0.717, 1.165) is 24.8 Å². The minimum atomic E-state index is -1.30. The first-order valence-corrected chi connectivity index (χ1v) is 9.75. The molecular formula is C22H36O4. The van der Waals surface area contributed by atoms with E-state index in [1.165, 1.54) is 6.92 Å². The molecule has 0 aromatic heterocycles. The molecule has 4 nitrogen and oxygen atoms in total. The highest BCUT2D eigenvalue weighted by Gasteiger charge is 2.66. The first kappa shape index (κ1) is 21.2. The summed E-state index contributed by atoms with van der Waals surface area (Å²) in [4.78, 5) is 11.7. The van der Waals surface area contributed by atoms with E-state index in [-0.39, 0.29) is 22.7 Å². The van der Waals surface area contributed by atoms with Crippen molar-refractivity contribution in [2.45, 2.75) is 85.0 Å². The molecule has 0 aromatic carbocycles. The number of hydrogen-bond donors (Lipinski definition) is 2. The summed E-state index contributed by atoms with van der Waals surface area (Å²) in [5.41, 5.74) is -0.566. The first-order valence-electron chi connectivity index (χ1n) is 9.75. The van der Waals surface area contributed by atoms with E-state index in [4.69, 9.17) is 4.74 Å². The fourth-order valence-corrected chi connectivity index (χ4v) is 6.02. The Balaban J connectivity index is 2.56. The van der Waals surface area contributed by atoms with E-state index in [1.807, 2.05) is 6.92 Å². The molecule has 0 aromatic rings. The molecule has 2 aliphatic carbocycles. The largest absolute Gasteiger partial charge is 0.457 e. The van der Waals surface area contributed by atoms with Crippen LogP contribution in [0.2, 0.25) is 0 Å². The molecule has 0 amide bonds. The average Bonchev–Trinajstić information content (AvgIpc) is 2.49. The van der Waals surface area contributed by atoms with Crippen LogP contribution in [0.4, 0.5) is 0 Å². The third-order valence-corrected chi connectivity index (χ3v) is 7.11. The van der Waals surface area contributed by atoms with Crippen molar-refractivity contribution in [1.29, 1.82) is 0 Å². The normalized spacial score (nSPS) is 42.7. The fourth-order valence-electron chi connectivity index (χ4n) is 6.02. The fraction of sp³-hybridized carbons (Fsp3) is 0.773. The number of rotatable bonds is 4. The Morgan fingerprint density at radius 3 is 2.38 bits per heavy atom. The van der Waals surface area contributed by atoms with Crippen molar-refractivity contribution in [1.82, 2.24) is 0 Å². The molecule has 0 spiro atoms. The van der Waals surface area contributed by atoms with Crippen LogP contribution in [0.1, 0.15) is 67.2 Å². The van der Waals surface area contributed by atoms with Crippen molar-refractivity contribution < 1.29 is 19.7 Å². The van der Waals surface area contributed by atoms with Gasteiger partial charge >= 0.3 is 5.97 Å². The van der Waals surface area contributed by atoms with Gasteiger partial charge in [-0.1, -0.05) is 51.5 Å². The van der Waals surface area contributed by atoms with Crippen LogP contribution in [0.5, 0.6) is 0 Å². The molecule has 0 aliphatic heterocycles. The predicted octanol–water partition coefficient (Wildman–Crippen LogP) is 4.01. The Hall–Kier alpha value is -1.13. The van der Waals surface area contributed by atoms with Gasteiger partial charge in [-0.3, -0.25) is 4.79 Å². The Bertz CT molecular complexity index is 589. The quantitative estimate of drug-likeness (QED) is 0.584. The summed E-state index contributed by atoms with van der Waals surface area (Å²) in [5, 5.41) is 22.7. The molecule has 26 heavy (non-hydrogen) atoms. The lowest BCUT2D eigenvalue weighted by molar-refractivity contribution is -0.271. The lowest BCUT2D eigenvalue weighted by Crippen LogP contribution is -2.70.